The predicted octanol–water partition coefficient (Wildman–Crippen LogP) is 4.41. The molecular weight excluding hydrogens is 424 g/mol. The number of carbonyl (C=O) groups is 1. The van der Waals surface area contributed by atoms with Gasteiger partial charge in [-0.1, -0.05) is 49.7 Å². The summed E-state index contributed by atoms with van der Waals surface area (Å²) in [5, 5.41) is 10.4. The number of amides is 1. The van der Waals surface area contributed by atoms with Crippen LogP contribution in [-0.4, -0.2) is 56.1 Å². The van der Waals surface area contributed by atoms with Crippen LogP contribution in [0.3, 0.4) is 0 Å². The van der Waals surface area contributed by atoms with Gasteiger partial charge in [-0.2, -0.15) is 0 Å². The second kappa shape index (κ2) is 8.06. The molecule has 1 amide bonds. The van der Waals surface area contributed by atoms with Crippen LogP contribution in [0.25, 0.3) is 16.6 Å². The summed E-state index contributed by atoms with van der Waals surface area (Å²) in [5.74, 6) is 1.87. The Balaban J connectivity index is 1.52. The molecule has 5 rings (SSSR count). The highest BCUT2D eigenvalue weighted by atomic mass is 35.5. The van der Waals surface area contributed by atoms with Gasteiger partial charge in [-0.05, 0) is 31.2 Å². The molecule has 1 atom stereocenters. The third kappa shape index (κ3) is 3.37. The third-order valence-corrected chi connectivity index (χ3v) is 6.37. The van der Waals surface area contributed by atoms with Gasteiger partial charge in [0.05, 0.1) is 16.1 Å². The van der Waals surface area contributed by atoms with Crippen molar-refractivity contribution in [2.45, 2.75) is 32.7 Å². The fourth-order valence-electron chi connectivity index (χ4n) is 4.40. The van der Waals surface area contributed by atoms with Gasteiger partial charge in [0.25, 0.3) is 5.91 Å². The van der Waals surface area contributed by atoms with Crippen molar-refractivity contribution in [3.63, 3.8) is 0 Å². The van der Waals surface area contributed by atoms with Gasteiger partial charge in [0.15, 0.2) is 5.65 Å². The largest absolute Gasteiger partial charge is 0.338 e. The van der Waals surface area contributed by atoms with E-state index in [2.05, 4.69) is 40.3 Å². The molecule has 8 heteroatoms. The zero-order chi connectivity index (χ0) is 22.4. The number of halogens is 1. The van der Waals surface area contributed by atoms with E-state index in [9.17, 15) is 4.79 Å². The average molecular weight is 449 g/mol. The number of benzene rings is 2. The summed E-state index contributed by atoms with van der Waals surface area (Å²) in [6.07, 6.45) is 0. The molecule has 1 fully saturated rings. The van der Waals surface area contributed by atoms with Crippen LogP contribution in [0, 0.1) is 0 Å². The van der Waals surface area contributed by atoms with Crippen molar-refractivity contribution in [2.75, 3.05) is 24.5 Å². The van der Waals surface area contributed by atoms with E-state index in [1.165, 1.54) is 0 Å². The minimum Gasteiger partial charge on any atom is -0.338 e. The maximum Gasteiger partial charge on any atom is 0.255 e. The monoisotopic (exact) mass is 448 g/mol. The Morgan fingerprint density at radius 3 is 2.56 bits per heavy atom. The number of hydrogen-bond acceptors (Lipinski definition) is 5. The lowest BCUT2D eigenvalue weighted by atomic mass is 10.1. The van der Waals surface area contributed by atoms with Gasteiger partial charge in [-0.3, -0.25) is 4.79 Å². The Morgan fingerprint density at radius 1 is 1.06 bits per heavy atom. The fraction of sp³-hybridized carbons (Fsp3) is 0.333. The van der Waals surface area contributed by atoms with Crippen LogP contribution >= 0.6 is 11.6 Å². The molecule has 1 aliphatic rings. The molecule has 0 aliphatic carbocycles. The molecule has 164 valence electrons. The average Bonchev–Trinajstić information content (AvgIpc) is 3.24. The summed E-state index contributed by atoms with van der Waals surface area (Å²) < 4.78 is 2.07. The zero-order valence-corrected chi connectivity index (χ0v) is 19.1. The van der Waals surface area contributed by atoms with E-state index >= 15 is 0 Å². The molecule has 4 aromatic rings. The number of hydrogen-bond donors (Lipinski definition) is 0. The van der Waals surface area contributed by atoms with E-state index in [1.807, 2.05) is 41.3 Å². The van der Waals surface area contributed by atoms with Crippen LogP contribution in [0.15, 0.2) is 48.5 Å². The molecule has 7 nitrogen and oxygen atoms in total. The van der Waals surface area contributed by atoms with Crippen LogP contribution in [0.2, 0.25) is 5.02 Å². The highest BCUT2D eigenvalue weighted by Crippen LogP contribution is 2.28. The number of rotatable bonds is 3. The molecule has 1 unspecified atom stereocenters. The normalized spacial score (nSPS) is 17.0. The first-order valence-electron chi connectivity index (χ1n) is 10.9. The van der Waals surface area contributed by atoms with E-state index < -0.39 is 0 Å². The first kappa shape index (κ1) is 20.7. The molecule has 3 heterocycles. The van der Waals surface area contributed by atoms with Crippen molar-refractivity contribution in [1.29, 1.82) is 0 Å². The number of aromatic nitrogens is 4. The molecule has 0 spiro atoms. The van der Waals surface area contributed by atoms with Crippen molar-refractivity contribution in [1.82, 2.24) is 24.5 Å². The summed E-state index contributed by atoms with van der Waals surface area (Å²) in [7, 11) is 0. The standard InChI is InChI=1S/C24H25ClN6O/c1-15(2)21-27-28-22-18-9-5-7-11-20(18)26-24(31(21)22)29-12-13-30(16(3)14-29)23(32)17-8-4-6-10-19(17)25/h4-11,15-16H,12-14H2,1-3H3. The van der Waals surface area contributed by atoms with Crippen LogP contribution in [0.1, 0.15) is 42.9 Å². The summed E-state index contributed by atoms with van der Waals surface area (Å²) in [5.41, 5.74) is 2.25. The number of fused-ring (bicyclic) bond motifs is 3. The fourth-order valence-corrected chi connectivity index (χ4v) is 4.62. The molecular formula is C24H25ClN6O. The Bertz CT molecular complexity index is 1320. The van der Waals surface area contributed by atoms with Gasteiger partial charge in [-0.15, -0.1) is 10.2 Å². The molecule has 0 N–H and O–H groups in total. The summed E-state index contributed by atoms with van der Waals surface area (Å²) >= 11 is 6.28. The van der Waals surface area contributed by atoms with E-state index in [-0.39, 0.29) is 17.9 Å². The Labute approximate surface area is 191 Å². The molecule has 2 aromatic carbocycles. The highest BCUT2D eigenvalue weighted by molar-refractivity contribution is 6.33. The SMILES string of the molecule is CC(C)c1nnc2c3ccccc3nc(N3CCN(C(=O)c4ccccc4Cl)C(C)C3)n12. The van der Waals surface area contributed by atoms with Crippen molar-refractivity contribution >= 4 is 40.0 Å². The van der Waals surface area contributed by atoms with E-state index in [1.54, 1.807) is 12.1 Å². The smallest absolute Gasteiger partial charge is 0.255 e. The number of carbonyl (C=O) groups excluding carboxylic acids is 1. The molecule has 1 aliphatic heterocycles. The maximum absolute atomic E-state index is 13.1. The van der Waals surface area contributed by atoms with Crippen LogP contribution < -0.4 is 4.90 Å². The van der Waals surface area contributed by atoms with Crippen LogP contribution in [-0.2, 0) is 0 Å². The Kier molecular flexibility index (Phi) is 5.21. The van der Waals surface area contributed by atoms with Crippen LogP contribution in [0.5, 0.6) is 0 Å². The molecule has 2 aromatic heterocycles. The summed E-state index contributed by atoms with van der Waals surface area (Å²) in [6, 6.07) is 15.2. The van der Waals surface area contributed by atoms with Gasteiger partial charge in [0, 0.05) is 37.0 Å². The minimum atomic E-state index is -0.0356. The highest BCUT2D eigenvalue weighted by Gasteiger charge is 2.31. The topological polar surface area (TPSA) is 66.6 Å². The lowest BCUT2D eigenvalue weighted by Crippen LogP contribution is -2.54. The second-order valence-electron chi connectivity index (χ2n) is 8.57. The lowest BCUT2D eigenvalue weighted by Gasteiger charge is -2.40. The first-order valence-corrected chi connectivity index (χ1v) is 11.3. The predicted molar refractivity (Wildman–Crippen MR) is 127 cm³/mol. The lowest BCUT2D eigenvalue weighted by molar-refractivity contribution is 0.0673. The van der Waals surface area contributed by atoms with Crippen molar-refractivity contribution < 1.29 is 4.79 Å². The van der Waals surface area contributed by atoms with Crippen LogP contribution in [0.4, 0.5) is 5.95 Å². The van der Waals surface area contributed by atoms with Gasteiger partial charge in [0.2, 0.25) is 5.95 Å². The van der Waals surface area contributed by atoms with E-state index in [4.69, 9.17) is 16.6 Å². The van der Waals surface area contributed by atoms with Crippen molar-refractivity contribution in [2.24, 2.45) is 0 Å². The number of para-hydroxylation sites is 1. The van der Waals surface area contributed by atoms with Crippen molar-refractivity contribution in [3.05, 3.63) is 64.9 Å². The third-order valence-electron chi connectivity index (χ3n) is 6.05. The molecule has 32 heavy (non-hydrogen) atoms. The molecule has 0 saturated carbocycles. The number of piperazine rings is 1. The second-order valence-corrected chi connectivity index (χ2v) is 8.98. The van der Waals surface area contributed by atoms with Gasteiger partial charge >= 0.3 is 0 Å². The van der Waals surface area contributed by atoms with Crippen molar-refractivity contribution in [3.8, 4) is 0 Å². The van der Waals surface area contributed by atoms with E-state index in [0.717, 1.165) is 28.3 Å². The maximum atomic E-state index is 13.1. The van der Waals surface area contributed by atoms with Gasteiger partial charge in [0.1, 0.15) is 5.82 Å². The summed E-state index contributed by atoms with van der Waals surface area (Å²) in [6.45, 7) is 8.19. The van der Waals surface area contributed by atoms with Gasteiger partial charge < -0.3 is 9.80 Å². The molecule has 0 bridgehead atoms. The number of nitrogens with zero attached hydrogens (tertiary/aromatic N) is 6. The minimum absolute atomic E-state index is 0.00479. The zero-order valence-electron chi connectivity index (χ0n) is 18.4. The quantitative estimate of drug-likeness (QED) is 0.464. The summed E-state index contributed by atoms with van der Waals surface area (Å²) in [4.78, 5) is 22.3. The molecule has 0 radical (unpaired) electrons. The molecule has 1 saturated heterocycles. The Hall–Kier alpha value is -3.19. The number of anilines is 1. The first-order chi connectivity index (χ1) is 15.5. The van der Waals surface area contributed by atoms with E-state index in [0.29, 0.717) is 30.2 Å². The Morgan fingerprint density at radius 2 is 1.81 bits per heavy atom. The van der Waals surface area contributed by atoms with Gasteiger partial charge in [-0.25, -0.2) is 9.38 Å².